The van der Waals surface area contributed by atoms with Gasteiger partial charge in [-0.1, -0.05) is 39.7 Å². The molecule has 1 aromatic carbocycles. The largest absolute Gasteiger partial charge is 0.459 e. The van der Waals surface area contributed by atoms with E-state index in [1.54, 1.807) is 11.7 Å². The molecule has 6 heteroatoms. The van der Waals surface area contributed by atoms with Crippen molar-refractivity contribution in [2.45, 2.75) is 31.2 Å². The second-order valence-electron chi connectivity index (χ2n) is 5.55. The van der Waals surface area contributed by atoms with Gasteiger partial charge in [0.2, 0.25) is 0 Å². The molecule has 1 aromatic heterocycles. The Morgan fingerprint density at radius 2 is 2.10 bits per heavy atom. The maximum atomic E-state index is 12.2. The zero-order valence-corrected chi connectivity index (χ0v) is 14.1. The molecule has 4 nitrogen and oxygen atoms in total. The van der Waals surface area contributed by atoms with Gasteiger partial charge < -0.3 is 4.74 Å². The van der Waals surface area contributed by atoms with E-state index in [0.717, 1.165) is 16.5 Å². The minimum atomic E-state index is -0.558. The molecular formula is C14H16BrClN2O2. The number of aromatic nitrogens is 2. The summed E-state index contributed by atoms with van der Waals surface area (Å²) in [7, 11) is 1.80. The van der Waals surface area contributed by atoms with E-state index >= 15 is 0 Å². The number of rotatable bonds is 2. The average molecular weight is 360 g/mol. The van der Waals surface area contributed by atoms with E-state index in [-0.39, 0.29) is 5.97 Å². The summed E-state index contributed by atoms with van der Waals surface area (Å²) < 4.78 is 7.07. The Hall–Kier alpha value is -1.07. The van der Waals surface area contributed by atoms with Crippen molar-refractivity contribution in [2.75, 3.05) is 0 Å². The molecule has 0 aliphatic carbocycles. The van der Waals surface area contributed by atoms with Gasteiger partial charge in [-0.25, -0.2) is 0 Å². The molecule has 0 amide bonds. The number of carbonyl (C=O) groups is 1. The number of alkyl halides is 1. The lowest BCUT2D eigenvalue weighted by Crippen LogP contribution is -2.26. The molecule has 0 saturated heterocycles. The van der Waals surface area contributed by atoms with Crippen LogP contribution in [0, 0.1) is 0 Å². The summed E-state index contributed by atoms with van der Waals surface area (Å²) in [5.41, 5.74) is 1.09. The molecule has 0 aliphatic heterocycles. The number of fused-ring (bicyclic) bond motifs is 1. The molecule has 0 bridgehead atoms. The van der Waals surface area contributed by atoms with Crippen molar-refractivity contribution in [1.29, 1.82) is 0 Å². The van der Waals surface area contributed by atoms with E-state index in [9.17, 15) is 4.79 Å². The molecule has 0 fully saturated rings. The van der Waals surface area contributed by atoms with E-state index in [1.807, 2.05) is 39.0 Å². The van der Waals surface area contributed by atoms with Crippen LogP contribution >= 0.6 is 27.5 Å². The zero-order valence-electron chi connectivity index (χ0n) is 11.8. The Bertz CT molecular complexity index is 661. The van der Waals surface area contributed by atoms with E-state index < -0.39 is 10.4 Å². The predicted molar refractivity (Wildman–Crippen MR) is 83.2 cm³/mol. The highest BCUT2D eigenvalue weighted by molar-refractivity contribution is 9.09. The predicted octanol–water partition coefficient (Wildman–Crippen LogP) is 4.00. The quantitative estimate of drug-likeness (QED) is 0.601. The molecule has 1 unspecified atom stereocenters. The molecular weight excluding hydrogens is 344 g/mol. The number of hydrogen-bond donors (Lipinski definition) is 0. The van der Waals surface area contributed by atoms with Crippen molar-refractivity contribution in [3.63, 3.8) is 0 Å². The van der Waals surface area contributed by atoms with Crippen molar-refractivity contribution >= 4 is 44.4 Å². The molecule has 1 heterocycles. The lowest BCUT2D eigenvalue weighted by Gasteiger charge is -2.22. The maximum absolute atomic E-state index is 12.2. The fourth-order valence-corrected chi connectivity index (χ4v) is 2.74. The summed E-state index contributed by atoms with van der Waals surface area (Å²) >= 11 is 9.49. The number of nitrogens with zero attached hydrogens (tertiary/aromatic N) is 2. The molecule has 20 heavy (non-hydrogen) atoms. The van der Waals surface area contributed by atoms with Gasteiger partial charge in [0.1, 0.15) is 10.4 Å². The van der Waals surface area contributed by atoms with Gasteiger partial charge in [-0.05, 0) is 26.8 Å². The Kier molecular flexibility index (Phi) is 4.12. The molecule has 2 aromatic rings. The van der Waals surface area contributed by atoms with Crippen molar-refractivity contribution < 1.29 is 9.53 Å². The van der Waals surface area contributed by atoms with E-state index in [0.29, 0.717) is 5.15 Å². The van der Waals surface area contributed by atoms with Crippen LogP contribution in [-0.4, -0.2) is 21.4 Å². The van der Waals surface area contributed by atoms with Crippen LogP contribution in [0.5, 0.6) is 0 Å². The van der Waals surface area contributed by atoms with Crippen LogP contribution in [0.25, 0.3) is 10.9 Å². The van der Waals surface area contributed by atoms with Gasteiger partial charge in [0.05, 0.1) is 5.52 Å². The number of carbonyl (C=O) groups excluding carboxylic acids is 1. The first-order chi connectivity index (χ1) is 9.20. The van der Waals surface area contributed by atoms with Crippen molar-refractivity contribution in [3.8, 4) is 0 Å². The highest BCUT2D eigenvalue weighted by Gasteiger charge is 2.27. The molecule has 0 spiro atoms. The summed E-state index contributed by atoms with van der Waals surface area (Å²) in [5, 5.41) is 5.42. The van der Waals surface area contributed by atoms with Gasteiger partial charge in [-0.15, -0.1) is 0 Å². The number of benzene rings is 1. The molecule has 0 saturated carbocycles. The van der Waals surface area contributed by atoms with Crippen LogP contribution in [-0.2, 0) is 16.6 Å². The van der Waals surface area contributed by atoms with Gasteiger partial charge >= 0.3 is 5.97 Å². The molecule has 0 N–H and O–H groups in total. The van der Waals surface area contributed by atoms with Gasteiger partial charge in [0.25, 0.3) is 0 Å². The topological polar surface area (TPSA) is 44.1 Å². The van der Waals surface area contributed by atoms with Gasteiger partial charge in [0.15, 0.2) is 5.15 Å². The average Bonchev–Trinajstić information content (AvgIpc) is 2.62. The van der Waals surface area contributed by atoms with Crippen LogP contribution in [0.15, 0.2) is 18.2 Å². The van der Waals surface area contributed by atoms with Crippen LogP contribution in [0.2, 0.25) is 5.15 Å². The number of para-hydroxylation sites is 1. The van der Waals surface area contributed by atoms with Gasteiger partial charge in [-0.3, -0.25) is 9.48 Å². The molecule has 108 valence electrons. The third-order valence-electron chi connectivity index (χ3n) is 2.74. The maximum Gasteiger partial charge on any atom is 0.324 e. The SMILES string of the molecule is Cn1nc(Cl)c2cccc(C(Br)C(=O)OC(C)(C)C)c21. The lowest BCUT2D eigenvalue weighted by atomic mass is 10.1. The second kappa shape index (κ2) is 5.37. The molecule has 2 rings (SSSR count). The molecule has 0 aliphatic rings. The fourth-order valence-electron chi connectivity index (χ4n) is 2.01. The lowest BCUT2D eigenvalue weighted by molar-refractivity contribution is -0.154. The Balaban J connectivity index is 2.45. The van der Waals surface area contributed by atoms with E-state index in [4.69, 9.17) is 16.3 Å². The first kappa shape index (κ1) is 15.3. The van der Waals surface area contributed by atoms with Crippen LogP contribution in [0.3, 0.4) is 0 Å². The molecule has 0 radical (unpaired) electrons. The van der Waals surface area contributed by atoms with Gasteiger partial charge in [-0.2, -0.15) is 5.10 Å². The van der Waals surface area contributed by atoms with Crippen LogP contribution < -0.4 is 0 Å². The first-order valence-corrected chi connectivity index (χ1v) is 7.48. The molecule has 1 atom stereocenters. The zero-order chi connectivity index (χ0) is 15.1. The van der Waals surface area contributed by atoms with E-state index in [1.165, 1.54) is 0 Å². The minimum absolute atomic E-state index is 0.331. The standard InChI is InChI=1S/C14H16BrClN2O2/c1-14(2,3)20-13(19)10(15)8-6-5-7-9-11(8)18(4)17-12(9)16/h5-7,10H,1-4H3. The van der Waals surface area contributed by atoms with Crippen molar-refractivity contribution in [2.24, 2.45) is 7.05 Å². The second-order valence-corrected chi connectivity index (χ2v) is 6.83. The Labute approximate surface area is 131 Å². The summed E-state index contributed by atoms with van der Waals surface area (Å²) in [6.07, 6.45) is 0. The number of esters is 1. The van der Waals surface area contributed by atoms with Gasteiger partial charge in [0, 0.05) is 18.0 Å². The van der Waals surface area contributed by atoms with Crippen LogP contribution in [0.4, 0.5) is 0 Å². The van der Waals surface area contributed by atoms with Crippen molar-refractivity contribution in [3.05, 3.63) is 28.9 Å². The Morgan fingerprint density at radius 1 is 1.45 bits per heavy atom. The normalized spacial score (nSPS) is 13.5. The monoisotopic (exact) mass is 358 g/mol. The summed E-state index contributed by atoms with van der Waals surface area (Å²) in [6, 6.07) is 5.59. The minimum Gasteiger partial charge on any atom is -0.459 e. The number of halogens is 2. The van der Waals surface area contributed by atoms with Crippen molar-refractivity contribution in [1.82, 2.24) is 9.78 Å². The number of hydrogen-bond acceptors (Lipinski definition) is 3. The Morgan fingerprint density at radius 3 is 2.70 bits per heavy atom. The highest BCUT2D eigenvalue weighted by Crippen LogP contribution is 2.34. The third kappa shape index (κ3) is 2.99. The third-order valence-corrected chi connectivity index (χ3v) is 3.88. The van der Waals surface area contributed by atoms with Crippen LogP contribution in [0.1, 0.15) is 31.2 Å². The number of ether oxygens (including phenoxy) is 1. The van der Waals surface area contributed by atoms with E-state index in [2.05, 4.69) is 21.0 Å². The summed E-state index contributed by atoms with van der Waals surface area (Å²) in [6.45, 7) is 5.52. The summed E-state index contributed by atoms with van der Waals surface area (Å²) in [4.78, 5) is 11.6. The summed E-state index contributed by atoms with van der Waals surface area (Å²) in [5.74, 6) is -0.331. The smallest absolute Gasteiger partial charge is 0.324 e. The number of aryl methyl sites for hydroxylation is 1. The fraction of sp³-hybridized carbons (Fsp3) is 0.429. The highest BCUT2D eigenvalue weighted by atomic mass is 79.9. The first-order valence-electron chi connectivity index (χ1n) is 6.19.